The molecule has 0 amide bonds. The van der Waals surface area contributed by atoms with E-state index in [0.717, 1.165) is 6.16 Å². The zero-order valence-corrected chi connectivity index (χ0v) is 73.7. The fourth-order valence-corrected chi connectivity index (χ4v) is 76.5. The van der Waals surface area contributed by atoms with Crippen LogP contribution in [0.4, 0.5) is 0 Å². The first kappa shape index (κ1) is 85.7. The van der Waals surface area contributed by atoms with Crippen molar-refractivity contribution in [2.75, 3.05) is 20.3 Å². The number of benzene rings is 8. The van der Waals surface area contributed by atoms with Crippen molar-refractivity contribution in [2.45, 2.75) is 45.8 Å². The van der Waals surface area contributed by atoms with Crippen LogP contribution >= 0.6 is 283 Å². The quantitative estimate of drug-likeness (QED) is 0.0129. The van der Waals surface area contributed by atoms with Crippen molar-refractivity contribution in [3.8, 4) is 0 Å². The van der Waals surface area contributed by atoms with Gasteiger partial charge < -0.3 is 16.4 Å². The average Bonchev–Trinajstić information content (AvgIpc) is 0.958. The Balaban J connectivity index is 0.000000221. The summed E-state index contributed by atoms with van der Waals surface area (Å²) >= 11 is 8.13. The number of nitrogens with zero attached hydrogens (tertiary/aromatic N) is 1. The van der Waals surface area contributed by atoms with Crippen molar-refractivity contribution in [1.29, 1.82) is 0 Å². The van der Waals surface area contributed by atoms with Crippen molar-refractivity contribution in [1.82, 2.24) is 4.90 Å². The zero-order valence-electron chi connectivity index (χ0n) is 49.6. The van der Waals surface area contributed by atoms with Gasteiger partial charge in [0.05, 0.1) is 0 Å². The molecule has 0 radical (unpaired) electrons. The van der Waals surface area contributed by atoms with E-state index in [1.807, 2.05) is 118 Å². The van der Waals surface area contributed by atoms with Gasteiger partial charge in [-0.15, -0.1) is 0 Å². The third-order valence-corrected chi connectivity index (χ3v) is 71.4. The summed E-state index contributed by atoms with van der Waals surface area (Å²) in [5.41, 5.74) is 15.2. The van der Waals surface area contributed by atoms with Crippen LogP contribution in [0.25, 0.3) is 0 Å². The average molecular weight is 1750 g/mol. The Morgan fingerprint density at radius 2 is 0.549 bits per heavy atom. The largest absolute Gasteiger partial charge is 0.327 e. The molecule has 490 valence electrons. The van der Waals surface area contributed by atoms with Gasteiger partial charge in [-0.05, 0) is 275 Å². The summed E-state index contributed by atoms with van der Waals surface area (Å²) in [5, 5.41) is 11.2. The molecule has 4 N–H and O–H groups in total. The summed E-state index contributed by atoms with van der Waals surface area (Å²) in [5.74, 6) is 0.525. The second-order valence-corrected chi connectivity index (χ2v) is 67.8. The molecule has 3 nitrogen and oxygen atoms in total. The monoisotopic (exact) mass is 1740 g/mol. The van der Waals surface area contributed by atoms with E-state index in [1.165, 1.54) is 73.2 Å². The second-order valence-electron chi connectivity index (χ2n) is 18.4. The molecule has 0 spiro atoms. The molecule has 0 aromatic heterocycles. The van der Waals surface area contributed by atoms with Crippen LogP contribution in [0.3, 0.4) is 0 Å². The standard InChI is InChI=1S/C22H24NP.C20H20NP.C17H22NP.H2S26/c1-18(23(2)3)21-16-10-11-17-22(21)24(19-12-6-4-7-13-19)20-14-8-5-9-15-20;1-16(21)19-14-8-9-15-20(19)22(17-10-4-2-5-11-17)18-12-6-3-7-13-18;1-14(2)17(18)13-19(15-9-5-3-6-10-15)16-11-7-4-8-12-16;1-3-5-7-9-11-13-15-17-19-21-23-25-26-24-22-20-18-16-14-12-10-8-6-4-2/h4-18H,1-3H3;2-16H,21H2,1H3;3-12,14,17H,13,18H2,1-2H3;1-2H. The molecule has 3 atom stereocenters. The molecule has 32 heteroatoms. The van der Waals surface area contributed by atoms with Gasteiger partial charge in [0.25, 0.3) is 0 Å². The Hall–Kier alpha value is 4.03. The highest BCUT2D eigenvalue weighted by Gasteiger charge is 2.24. The highest BCUT2D eigenvalue weighted by atomic mass is 34.1. The molecule has 8 aromatic rings. The first-order valence-corrected chi connectivity index (χ1v) is 64.7. The minimum Gasteiger partial charge on any atom is -0.327 e. The first-order valence-electron chi connectivity index (χ1n) is 26.9. The Kier molecular flexibility index (Phi) is 52.3. The summed E-state index contributed by atoms with van der Waals surface area (Å²) in [4.78, 5) is 2.28. The highest BCUT2D eigenvalue weighted by Crippen LogP contribution is 2.66. The number of thiol groups is 2. The summed E-state index contributed by atoms with van der Waals surface area (Å²) in [6, 6.07) is 83.0. The summed E-state index contributed by atoms with van der Waals surface area (Å²) in [6.45, 7) is 8.74. The molecule has 0 aliphatic rings. The van der Waals surface area contributed by atoms with E-state index in [2.05, 4.69) is 301 Å². The molecular formula is C59H68N3P3S26. The fraction of sp³-hybridized carbons (Fsp3) is 0.186. The van der Waals surface area contributed by atoms with Crippen LogP contribution in [0.15, 0.2) is 231 Å². The Morgan fingerprint density at radius 3 is 0.802 bits per heavy atom. The Labute approximate surface area is 645 Å². The fourth-order valence-electron chi connectivity index (χ4n) is 7.81. The lowest BCUT2D eigenvalue weighted by molar-refractivity contribution is 0.322. The third kappa shape index (κ3) is 35.9. The predicted molar refractivity (Wildman–Crippen MR) is 492 cm³/mol. The van der Waals surface area contributed by atoms with Gasteiger partial charge in [-0.3, -0.25) is 0 Å². The van der Waals surface area contributed by atoms with Crippen LogP contribution in [-0.2, 0) is 0 Å². The summed E-state index contributed by atoms with van der Waals surface area (Å²) in [7, 11) is 45.1. The van der Waals surface area contributed by atoms with Crippen molar-refractivity contribution < 1.29 is 0 Å². The third-order valence-electron chi connectivity index (χ3n) is 12.2. The minimum absolute atomic E-state index is 0.0358. The molecule has 0 saturated carbocycles. The number of hydrogen-bond acceptors (Lipinski definition) is 29. The maximum absolute atomic E-state index is 6.31. The molecule has 0 aliphatic carbocycles. The molecular weight excluding hydrogens is 1680 g/mol. The highest BCUT2D eigenvalue weighted by molar-refractivity contribution is 9.60. The minimum atomic E-state index is -0.579. The van der Waals surface area contributed by atoms with Crippen molar-refractivity contribution in [3.63, 3.8) is 0 Å². The summed E-state index contributed by atoms with van der Waals surface area (Å²) < 4.78 is 0. The van der Waals surface area contributed by atoms with Crippen LogP contribution in [0.5, 0.6) is 0 Å². The van der Waals surface area contributed by atoms with Gasteiger partial charge in [0.1, 0.15) is 0 Å². The van der Waals surface area contributed by atoms with E-state index in [9.17, 15) is 0 Å². The van der Waals surface area contributed by atoms with Gasteiger partial charge >= 0.3 is 0 Å². The van der Waals surface area contributed by atoms with Crippen molar-refractivity contribution in [3.05, 3.63) is 242 Å². The lowest BCUT2D eigenvalue weighted by atomic mass is 10.1. The van der Waals surface area contributed by atoms with Gasteiger partial charge in [0.2, 0.25) is 0 Å². The van der Waals surface area contributed by atoms with E-state index in [0.29, 0.717) is 12.0 Å². The van der Waals surface area contributed by atoms with E-state index in [4.69, 9.17) is 11.5 Å². The molecule has 0 saturated heterocycles. The molecule has 3 unspecified atom stereocenters. The molecule has 8 rings (SSSR count). The van der Waals surface area contributed by atoms with Crippen LogP contribution in [-0.4, -0.2) is 31.2 Å². The number of rotatable bonds is 37. The lowest BCUT2D eigenvalue weighted by Gasteiger charge is -2.27. The van der Waals surface area contributed by atoms with Gasteiger partial charge in [0.15, 0.2) is 0 Å². The van der Waals surface area contributed by atoms with Gasteiger partial charge in [0, 0.05) is 96.7 Å². The van der Waals surface area contributed by atoms with Crippen LogP contribution in [0.2, 0.25) is 0 Å². The van der Waals surface area contributed by atoms with E-state index in [-0.39, 0.29) is 20.0 Å². The molecule has 0 aliphatic heterocycles. The first-order chi connectivity index (χ1) is 44.5. The second kappa shape index (κ2) is 55.6. The zero-order chi connectivity index (χ0) is 64.9. The molecule has 8 aromatic carbocycles. The van der Waals surface area contributed by atoms with Crippen molar-refractivity contribution >= 4 is 325 Å². The Bertz CT molecular complexity index is 2910. The van der Waals surface area contributed by atoms with Crippen LogP contribution in [0, 0.1) is 5.92 Å². The van der Waals surface area contributed by atoms with Gasteiger partial charge in [-0.25, -0.2) is 0 Å². The van der Waals surface area contributed by atoms with Crippen LogP contribution in [0.1, 0.15) is 50.9 Å². The molecule has 0 fully saturated rings. The lowest BCUT2D eigenvalue weighted by Crippen LogP contribution is -2.32. The SMILES string of the molecule is CC(C)C(N)CP(c1ccccc1)c1ccccc1.CC(N)c1ccccc1P(c1ccccc1)c1ccccc1.CC(c1ccccc1P(c1ccccc1)c1ccccc1)N(C)C.SSSSSSSSSSSSSSSSSSSSSSSSSS. The summed E-state index contributed by atoms with van der Waals surface area (Å²) in [6.07, 6.45) is 1.06. The predicted octanol–water partition coefficient (Wildman–Crippen LogP) is 27.0. The maximum Gasteiger partial charge on any atom is 0.0320 e. The van der Waals surface area contributed by atoms with Gasteiger partial charge in [-0.1, -0.05) is 268 Å². The number of nitrogens with two attached hydrogens (primary N) is 2. The van der Waals surface area contributed by atoms with E-state index < -0.39 is 15.8 Å². The van der Waals surface area contributed by atoms with Crippen molar-refractivity contribution in [2.24, 2.45) is 17.4 Å². The molecule has 91 heavy (non-hydrogen) atoms. The smallest absolute Gasteiger partial charge is 0.0320 e. The molecule has 0 bridgehead atoms. The normalized spacial score (nSPS) is 12.2. The number of hydrogen-bond donors (Lipinski definition) is 4. The van der Waals surface area contributed by atoms with E-state index >= 15 is 0 Å². The topological polar surface area (TPSA) is 55.3 Å². The molecule has 0 heterocycles. The Morgan fingerprint density at radius 1 is 0.319 bits per heavy atom. The van der Waals surface area contributed by atoms with Crippen LogP contribution < -0.4 is 53.9 Å². The van der Waals surface area contributed by atoms with E-state index in [1.54, 1.807) is 98.3 Å². The maximum atomic E-state index is 6.31. The van der Waals surface area contributed by atoms with Gasteiger partial charge in [-0.2, -0.15) is 0 Å².